The lowest BCUT2D eigenvalue weighted by atomic mass is 9.89. The number of benzene rings is 1. The highest BCUT2D eigenvalue weighted by Gasteiger charge is 2.39. The van der Waals surface area contributed by atoms with Crippen molar-refractivity contribution in [2.75, 3.05) is 7.11 Å². The molecule has 100 valence electrons. The molecule has 0 saturated carbocycles. The number of methoxy groups -OCH3 is 1. The van der Waals surface area contributed by atoms with Crippen LogP contribution >= 0.6 is 0 Å². The van der Waals surface area contributed by atoms with Crippen LogP contribution in [0, 0.1) is 26.7 Å². The fraction of sp³-hybridized carbons (Fsp3) is 0.625. The number of hydrogen-bond acceptors (Lipinski definition) is 2. The quantitative estimate of drug-likeness (QED) is 0.760. The van der Waals surface area contributed by atoms with Crippen molar-refractivity contribution in [3.05, 3.63) is 28.3 Å². The van der Waals surface area contributed by atoms with E-state index in [9.17, 15) is 0 Å². The zero-order chi connectivity index (χ0) is 13.4. The van der Waals surface area contributed by atoms with Gasteiger partial charge in [-0.2, -0.15) is 0 Å². The first-order chi connectivity index (χ1) is 8.45. The van der Waals surface area contributed by atoms with Gasteiger partial charge in [-0.3, -0.25) is 0 Å². The van der Waals surface area contributed by atoms with Crippen LogP contribution in [0.4, 0.5) is 0 Å². The summed E-state index contributed by atoms with van der Waals surface area (Å²) in [5.74, 6) is 1.59. The maximum Gasteiger partial charge on any atom is 0.122 e. The number of epoxide rings is 1. The first-order valence-corrected chi connectivity index (χ1v) is 6.74. The summed E-state index contributed by atoms with van der Waals surface area (Å²) in [7, 11) is 1.74. The van der Waals surface area contributed by atoms with Crippen LogP contribution in [-0.4, -0.2) is 19.3 Å². The van der Waals surface area contributed by atoms with E-state index in [0.717, 1.165) is 12.2 Å². The second-order valence-electron chi connectivity index (χ2n) is 5.61. The summed E-state index contributed by atoms with van der Waals surface area (Å²) in [6, 6.07) is 2.15. The van der Waals surface area contributed by atoms with Crippen LogP contribution in [0.25, 0.3) is 0 Å². The van der Waals surface area contributed by atoms with Gasteiger partial charge < -0.3 is 9.47 Å². The molecule has 2 nitrogen and oxygen atoms in total. The third kappa shape index (κ3) is 2.39. The van der Waals surface area contributed by atoms with Crippen molar-refractivity contribution in [1.82, 2.24) is 0 Å². The van der Waals surface area contributed by atoms with Gasteiger partial charge in [0.15, 0.2) is 0 Å². The van der Waals surface area contributed by atoms with Crippen molar-refractivity contribution >= 4 is 0 Å². The van der Waals surface area contributed by atoms with E-state index in [4.69, 9.17) is 9.47 Å². The van der Waals surface area contributed by atoms with Gasteiger partial charge in [0.05, 0.1) is 19.3 Å². The number of ether oxygens (including phenoxy) is 2. The molecule has 0 aliphatic carbocycles. The van der Waals surface area contributed by atoms with Gasteiger partial charge in [-0.15, -0.1) is 0 Å². The fourth-order valence-corrected chi connectivity index (χ4v) is 2.86. The van der Waals surface area contributed by atoms with E-state index in [2.05, 4.69) is 40.7 Å². The predicted octanol–water partition coefficient (Wildman–Crippen LogP) is 3.59. The Kier molecular flexibility index (Phi) is 3.67. The standard InChI is InChI=1S/C16H24O2/c1-9-8-15(17-6)12(4)11(3)14(9)7-10(2)16-13(5)18-16/h8,10,13,16H,7H2,1-6H3. The highest BCUT2D eigenvalue weighted by atomic mass is 16.6. The second-order valence-corrected chi connectivity index (χ2v) is 5.61. The summed E-state index contributed by atoms with van der Waals surface area (Å²) >= 11 is 0. The Bertz CT molecular complexity index is 451. The molecule has 1 aromatic rings. The molecule has 0 bridgehead atoms. The Morgan fingerprint density at radius 1 is 1.28 bits per heavy atom. The normalized spacial score (nSPS) is 23.9. The monoisotopic (exact) mass is 248 g/mol. The SMILES string of the molecule is COc1cc(C)c(CC(C)C2OC2C)c(C)c1C. The van der Waals surface area contributed by atoms with Crippen molar-refractivity contribution in [2.24, 2.45) is 5.92 Å². The van der Waals surface area contributed by atoms with Gasteiger partial charge in [0.25, 0.3) is 0 Å². The molecule has 0 radical (unpaired) electrons. The largest absolute Gasteiger partial charge is 0.496 e. The minimum atomic E-state index is 0.444. The van der Waals surface area contributed by atoms with E-state index < -0.39 is 0 Å². The average molecular weight is 248 g/mol. The molecular weight excluding hydrogens is 224 g/mol. The van der Waals surface area contributed by atoms with Crippen LogP contribution in [0.3, 0.4) is 0 Å². The predicted molar refractivity (Wildman–Crippen MR) is 74.4 cm³/mol. The van der Waals surface area contributed by atoms with E-state index in [0.29, 0.717) is 18.1 Å². The van der Waals surface area contributed by atoms with Crippen LogP contribution in [0.15, 0.2) is 6.07 Å². The summed E-state index contributed by atoms with van der Waals surface area (Å²) in [6.07, 6.45) is 1.99. The Labute approximate surface area is 110 Å². The lowest BCUT2D eigenvalue weighted by Gasteiger charge is -2.18. The van der Waals surface area contributed by atoms with Crippen molar-refractivity contribution in [2.45, 2.75) is 53.2 Å². The van der Waals surface area contributed by atoms with E-state index in [-0.39, 0.29) is 0 Å². The fourth-order valence-electron chi connectivity index (χ4n) is 2.86. The Morgan fingerprint density at radius 3 is 2.39 bits per heavy atom. The van der Waals surface area contributed by atoms with E-state index in [1.165, 1.54) is 22.3 Å². The summed E-state index contributed by atoms with van der Waals surface area (Å²) in [5.41, 5.74) is 5.42. The topological polar surface area (TPSA) is 21.8 Å². The maximum absolute atomic E-state index is 5.58. The van der Waals surface area contributed by atoms with E-state index in [1.807, 2.05) is 0 Å². The molecule has 3 unspecified atom stereocenters. The highest BCUT2D eigenvalue weighted by Crippen LogP contribution is 2.34. The van der Waals surface area contributed by atoms with E-state index in [1.54, 1.807) is 7.11 Å². The molecule has 2 rings (SSSR count). The lowest BCUT2D eigenvalue weighted by Crippen LogP contribution is -2.12. The molecule has 0 amide bonds. The summed E-state index contributed by atoms with van der Waals surface area (Å²) in [6.45, 7) is 10.9. The summed E-state index contributed by atoms with van der Waals surface area (Å²) < 4.78 is 11.0. The summed E-state index contributed by atoms with van der Waals surface area (Å²) in [5, 5.41) is 0. The zero-order valence-corrected chi connectivity index (χ0v) is 12.3. The van der Waals surface area contributed by atoms with Gasteiger partial charge in [0.1, 0.15) is 5.75 Å². The average Bonchev–Trinajstić information content (AvgIpc) is 3.06. The van der Waals surface area contributed by atoms with Gasteiger partial charge in [-0.05, 0) is 68.4 Å². The van der Waals surface area contributed by atoms with E-state index >= 15 is 0 Å². The third-order valence-electron chi connectivity index (χ3n) is 4.27. The molecule has 3 atom stereocenters. The maximum atomic E-state index is 5.58. The third-order valence-corrected chi connectivity index (χ3v) is 4.27. The molecule has 0 spiro atoms. The minimum absolute atomic E-state index is 0.444. The number of aryl methyl sites for hydroxylation is 1. The number of hydrogen-bond donors (Lipinski definition) is 0. The second kappa shape index (κ2) is 4.93. The van der Waals surface area contributed by atoms with Crippen LogP contribution in [0.1, 0.15) is 36.1 Å². The zero-order valence-electron chi connectivity index (χ0n) is 12.3. The molecule has 0 N–H and O–H groups in total. The molecule has 18 heavy (non-hydrogen) atoms. The van der Waals surface area contributed by atoms with Crippen molar-refractivity contribution in [3.63, 3.8) is 0 Å². The van der Waals surface area contributed by atoms with Crippen molar-refractivity contribution in [1.29, 1.82) is 0 Å². The Morgan fingerprint density at radius 2 is 1.89 bits per heavy atom. The van der Waals surface area contributed by atoms with Crippen molar-refractivity contribution < 1.29 is 9.47 Å². The first kappa shape index (κ1) is 13.4. The van der Waals surface area contributed by atoms with Crippen LogP contribution in [0.5, 0.6) is 5.75 Å². The molecule has 1 fully saturated rings. The van der Waals surface area contributed by atoms with Crippen LogP contribution in [0.2, 0.25) is 0 Å². The van der Waals surface area contributed by atoms with Gasteiger partial charge in [0.2, 0.25) is 0 Å². The van der Waals surface area contributed by atoms with Crippen LogP contribution in [-0.2, 0) is 11.2 Å². The highest BCUT2D eigenvalue weighted by molar-refractivity contribution is 5.48. The van der Waals surface area contributed by atoms with Gasteiger partial charge in [0, 0.05) is 0 Å². The molecule has 1 aromatic carbocycles. The molecule has 1 saturated heterocycles. The lowest BCUT2D eigenvalue weighted by molar-refractivity contribution is 0.327. The van der Waals surface area contributed by atoms with Gasteiger partial charge in [-0.25, -0.2) is 0 Å². The molecular formula is C16H24O2. The smallest absolute Gasteiger partial charge is 0.122 e. The Hall–Kier alpha value is -1.02. The molecule has 1 aliphatic rings. The number of rotatable bonds is 4. The Balaban J connectivity index is 2.25. The first-order valence-electron chi connectivity index (χ1n) is 6.74. The summed E-state index contributed by atoms with van der Waals surface area (Å²) in [4.78, 5) is 0. The van der Waals surface area contributed by atoms with Crippen LogP contribution < -0.4 is 4.74 Å². The van der Waals surface area contributed by atoms with Gasteiger partial charge >= 0.3 is 0 Å². The van der Waals surface area contributed by atoms with Crippen molar-refractivity contribution in [3.8, 4) is 5.75 Å². The van der Waals surface area contributed by atoms with Gasteiger partial charge in [-0.1, -0.05) is 6.92 Å². The molecule has 2 heteroatoms. The molecule has 0 aromatic heterocycles. The minimum Gasteiger partial charge on any atom is -0.496 e. The molecule has 1 heterocycles. The molecule has 1 aliphatic heterocycles.